The fraction of sp³-hybridized carbons (Fsp3) is 0.417. The molecular formula is C12H18ClN3O3S. The van der Waals surface area contributed by atoms with Crippen LogP contribution in [0.5, 0.6) is 0 Å². The van der Waals surface area contributed by atoms with Crippen LogP contribution in [0.2, 0.25) is 5.02 Å². The molecular weight excluding hydrogens is 302 g/mol. The van der Waals surface area contributed by atoms with Crippen LogP contribution in [0, 0.1) is 6.92 Å². The normalized spacial score (nSPS) is 11.7. The Hall–Kier alpha value is -1.31. The number of carbonyl (C=O) groups is 1. The third-order valence-corrected chi connectivity index (χ3v) is 5.24. The Morgan fingerprint density at radius 1 is 1.45 bits per heavy atom. The maximum absolute atomic E-state index is 12.4. The molecule has 3 N–H and O–H groups in total. The van der Waals surface area contributed by atoms with E-state index in [1.165, 1.54) is 26.2 Å². The molecule has 0 aromatic heterocycles. The van der Waals surface area contributed by atoms with Crippen molar-refractivity contribution in [1.29, 1.82) is 0 Å². The topological polar surface area (TPSA) is 92.5 Å². The first-order chi connectivity index (χ1) is 9.20. The second-order valence-corrected chi connectivity index (χ2v) is 6.81. The van der Waals surface area contributed by atoms with Crippen LogP contribution >= 0.6 is 11.6 Å². The van der Waals surface area contributed by atoms with Crippen LogP contribution in [0.4, 0.5) is 5.69 Å². The van der Waals surface area contributed by atoms with Gasteiger partial charge in [0.05, 0.1) is 15.6 Å². The molecule has 0 fully saturated rings. The van der Waals surface area contributed by atoms with E-state index in [1.54, 1.807) is 6.92 Å². The number of hydrogen-bond donors (Lipinski definition) is 2. The summed E-state index contributed by atoms with van der Waals surface area (Å²) in [7, 11) is -0.778. The molecule has 1 aromatic carbocycles. The summed E-state index contributed by atoms with van der Waals surface area (Å²) in [6.07, 6.45) is 0.0916. The fourth-order valence-electron chi connectivity index (χ4n) is 1.62. The molecule has 112 valence electrons. The van der Waals surface area contributed by atoms with E-state index >= 15 is 0 Å². The van der Waals surface area contributed by atoms with E-state index < -0.39 is 10.0 Å². The van der Waals surface area contributed by atoms with E-state index in [2.05, 4.69) is 5.32 Å². The Kier molecular flexibility index (Phi) is 5.38. The molecule has 0 heterocycles. The first-order valence-corrected chi connectivity index (χ1v) is 7.74. The van der Waals surface area contributed by atoms with E-state index in [4.69, 9.17) is 17.3 Å². The summed E-state index contributed by atoms with van der Waals surface area (Å²) < 4.78 is 25.9. The van der Waals surface area contributed by atoms with E-state index in [-0.39, 0.29) is 29.5 Å². The van der Waals surface area contributed by atoms with E-state index in [0.29, 0.717) is 10.6 Å². The molecule has 1 rings (SSSR count). The summed E-state index contributed by atoms with van der Waals surface area (Å²) in [5.74, 6) is -0.223. The van der Waals surface area contributed by atoms with Crippen molar-refractivity contribution in [2.45, 2.75) is 18.2 Å². The summed E-state index contributed by atoms with van der Waals surface area (Å²) >= 11 is 5.85. The van der Waals surface area contributed by atoms with Crippen molar-refractivity contribution in [3.63, 3.8) is 0 Å². The summed E-state index contributed by atoms with van der Waals surface area (Å²) in [4.78, 5) is 11.3. The number of benzene rings is 1. The minimum atomic E-state index is -3.70. The number of nitrogens with one attached hydrogen (secondary N) is 1. The Bertz CT molecular complexity index is 617. The van der Waals surface area contributed by atoms with Crippen LogP contribution in [0.15, 0.2) is 17.0 Å². The molecule has 0 bridgehead atoms. The Balaban J connectivity index is 3.04. The zero-order chi connectivity index (χ0) is 15.5. The second kappa shape index (κ2) is 6.43. The molecule has 0 radical (unpaired) electrons. The smallest absolute Gasteiger partial charge is 0.243 e. The zero-order valence-corrected chi connectivity index (χ0v) is 13.2. The molecule has 0 aliphatic rings. The summed E-state index contributed by atoms with van der Waals surface area (Å²) in [6.45, 7) is 1.73. The Labute approximate surface area is 123 Å². The predicted octanol–water partition coefficient (Wildman–Crippen LogP) is 0.987. The molecule has 0 aliphatic carbocycles. The maximum Gasteiger partial charge on any atom is 0.243 e. The van der Waals surface area contributed by atoms with Crippen LogP contribution in [-0.4, -0.2) is 39.3 Å². The summed E-state index contributed by atoms with van der Waals surface area (Å²) in [5.41, 5.74) is 6.37. The third kappa shape index (κ3) is 3.62. The molecule has 0 spiro atoms. The molecule has 0 atom stereocenters. The number of amides is 1. The van der Waals surface area contributed by atoms with E-state index in [0.717, 1.165) is 4.31 Å². The molecule has 8 heteroatoms. The number of hydrogen-bond acceptors (Lipinski definition) is 4. The quantitative estimate of drug-likeness (QED) is 0.791. The van der Waals surface area contributed by atoms with Gasteiger partial charge in [-0.3, -0.25) is 4.79 Å². The number of halogens is 1. The lowest BCUT2D eigenvalue weighted by atomic mass is 10.2. The standard InChI is InChI=1S/C12H18ClN3O3S/c1-8-6-9(13)10(14)7-11(8)20(18,19)16(3)5-4-12(17)15-2/h6-7H,4-5,14H2,1-3H3,(H,15,17). The number of nitrogens with zero attached hydrogens (tertiary/aromatic N) is 1. The average Bonchev–Trinajstić information content (AvgIpc) is 2.39. The Morgan fingerprint density at radius 2 is 2.05 bits per heavy atom. The van der Waals surface area contributed by atoms with Crippen molar-refractivity contribution in [3.8, 4) is 0 Å². The van der Waals surface area contributed by atoms with Crippen molar-refractivity contribution >= 4 is 33.2 Å². The van der Waals surface area contributed by atoms with Crippen molar-refractivity contribution in [3.05, 3.63) is 22.7 Å². The highest BCUT2D eigenvalue weighted by atomic mass is 35.5. The lowest BCUT2D eigenvalue weighted by molar-refractivity contribution is -0.120. The van der Waals surface area contributed by atoms with Gasteiger partial charge in [0.2, 0.25) is 15.9 Å². The number of nitrogens with two attached hydrogens (primary N) is 1. The average molecular weight is 320 g/mol. The minimum Gasteiger partial charge on any atom is -0.397 e. The van der Waals surface area contributed by atoms with Crippen LogP contribution in [0.3, 0.4) is 0 Å². The molecule has 0 unspecified atom stereocenters. The van der Waals surface area contributed by atoms with Crippen LogP contribution in [-0.2, 0) is 14.8 Å². The van der Waals surface area contributed by atoms with Gasteiger partial charge < -0.3 is 11.1 Å². The monoisotopic (exact) mass is 319 g/mol. The lowest BCUT2D eigenvalue weighted by Crippen LogP contribution is -2.31. The first kappa shape index (κ1) is 16.7. The fourth-order valence-corrected chi connectivity index (χ4v) is 3.25. The number of nitrogen functional groups attached to an aromatic ring is 1. The van der Waals surface area contributed by atoms with Gasteiger partial charge in [0.15, 0.2) is 0 Å². The number of carbonyl (C=O) groups excluding carboxylic acids is 1. The molecule has 1 amide bonds. The minimum absolute atomic E-state index is 0.0873. The lowest BCUT2D eigenvalue weighted by Gasteiger charge is -2.18. The summed E-state index contributed by atoms with van der Waals surface area (Å²) in [6, 6.07) is 2.85. The van der Waals surface area contributed by atoms with Gasteiger partial charge in [-0.1, -0.05) is 11.6 Å². The molecule has 0 saturated heterocycles. The van der Waals surface area contributed by atoms with Gasteiger partial charge in [-0.15, -0.1) is 0 Å². The van der Waals surface area contributed by atoms with Gasteiger partial charge in [0, 0.05) is 27.1 Å². The molecule has 1 aromatic rings. The molecule has 0 saturated carbocycles. The SMILES string of the molecule is CNC(=O)CCN(C)S(=O)(=O)c1cc(N)c(Cl)cc1C. The highest BCUT2D eigenvalue weighted by Gasteiger charge is 2.24. The van der Waals surface area contributed by atoms with Gasteiger partial charge in [0.25, 0.3) is 0 Å². The largest absolute Gasteiger partial charge is 0.397 e. The maximum atomic E-state index is 12.4. The van der Waals surface area contributed by atoms with Crippen LogP contribution in [0.1, 0.15) is 12.0 Å². The Morgan fingerprint density at radius 3 is 2.60 bits per heavy atom. The van der Waals surface area contributed by atoms with Crippen molar-refractivity contribution < 1.29 is 13.2 Å². The molecule has 0 aliphatic heterocycles. The molecule has 20 heavy (non-hydrogen) atoms. The van der Waals surface area contributed by atoms with E-state index in [9.17, 15) is 13.2 Å². The number of aryl methyl sites for hydroxylation is 1. The van der Waals surface area contributed by atoms with Crippen LogP contribution in [0.25, 0.3) is 0 Å². The highest BCUT2D eigenvalue weighted by Crippen LogP contribution is 2.27. The number of rotatable bonds is 5. The molecule has 6 nitrogen and oxygen atoms in total. The first-order valence-electron chi connectivity index (χ1n) is 5.92. The van der Waals surface area contributed by atoms with Gasteiger partial charge in [-0.05, 0) is 24.6 Å². The highest BCUT2D eigenvalue weighted by molar-refractivity contribution is 7.89. The van der Waals surface area contributed by atoms with E-state index in [1.807, 2.05) is 0 Å². The summed E-state index contributed by atoms with van der Waals surface area (Å²) in [5, 5.41) is 2.76. The van der Waals surface area contributed by atoms with Gasteiger partial charge in [-0.25, -0.2) is 12.7 Å². The second-order valence-electron chi connectivity index (χ2n) is 4.39. The number of anilines is 1. The van der Waals surface area contributed by atoms with Crippen LogP contribution < -0.4 is 11.1 Å². The predicted molar refractivity (Wildman–Crippen MR) is 79.1 cm³/mol. The van der Waals surface area contributed by atoms with Gasteiger partial charge >= 0.3 is 0 Å². The number of sulfonamides is 1. The van der Waals surface area contributed by atoms with Crippen molar-refractivity contribution in [2.75, 3.05) is 26.4 Å². The van der Waals surface area contributed by atoms with Gasteiger partial charge in [0.1, 0.15) is 0 Å². The third-order valence-electron chi connectivity index (χ3n) is 2.92. The van der Waals surface area contributed by atoms with Crippen molar-refractivity contribution in [2.24, 2.45) is 0 Å². The van der Waals surface area contributed by atoms with Gasteiger partial charge in [-0.2, -0.15) is 0 Å². The zero-order valence-electron chi connectivity index (χ0n) is 11.6. The van der Waals surface area contributed by atoms with Crippen molar-refractivity contribution in [1.82, 2.24) is 9.62 Å².